The molecule has 0 amide bonds. The van der Waals surface area contributed by atoms with Gasteiger partial charge < -0.3 is 14.4 Å². The van der Waals surface area contributed by atoms with E-state index in [1.165, 1.54) is 0 Å². The molecule has 1 N–H and O–H groups in total. The summed E-state index contributed by atoms with van der Waals surface area (Å²) in [5, 5.41) is 14.1. The molecule has 0 saturated heterocycles. The van der Waals surface area contributed by atoms with Gasteiger partial charge in [0.25, 0.3) is 0 Å². The minimum Gasteiger partial charge on any atom is -0.481 e. The van der Waals surface area contributed by atoms with Crippen molar-refractivity contribution in [3.8, 4) is 22.5 Å². The number of benzene rings is 3. The highest BCUT2D eigenvalue weighted by Gasteiger charge is 2.29. The van der Waals surface area contributed by atoms with Gasteiger partial charge >= 0.3 is 11.9 Å². The molecule has 0 saturated carbocycles. The lowest BCUT2D eigenvalue weighted by Gasteiger charge is -2.19. The van der Waals surface area contributed by atoms with Crippen LogP contribution in [0, 0.1) is 6.92 Å². The zero-order chi connectivity index (χ0) is 26.7. The maximum absolute atomic E-state index is 12.7. The van der Waals surface area contributed by atoms with Crippen LogP contribution in [0.5, 0.6) is 0 Å². The summed E-state index contributed by atoms with van der Waals surface area (Å²) < 4.78 is 11.2. The van der Waals surface area contributed by atoms with Crippen molar-refractivity contribution in [1.82, 2.24) is 5.16 Å². The highest BCUT2D eigenvalue weighted by Crippen LogP contribution is 2.32. The van der Waals surface area contributed by atoms with E-state index in [-0.39, 0.29) is 6.42 Å². The largest absolute Gasteiger partial charge is 0.481 e. The first-order valence-electron chi connectivity index (χ1n) is 11.9. The van der Waals surface area contributed by atoms with E-state index in [4.69, 9.17) is 20.9 Å². The number of aromatic nitrogens is 1. The lowest BCUT2D eigenvalue weighted by atomic mass is 9.84. The number of nitrogens with zero attached hydrogens (tertiary/aromatic N) is 1. The van der Waals surface area contributed by atoms with Crippen LogP contribution in [0.25, 0.3) is 22.5 Å². The summed E-state index contributed by atoms with van der Waals surface area (Å²) in [6, 6.07) is 22.5. The first-order valence-corrected chi connectivity index (χ1v) is 12.3. The minimum absolute atomic E-state index is 0.0159. The van der Waals surface area contributed by atoms with Crippen molar-refractivity contribution in [2.75, 3.05) is 0 Å². The van der Waals surface area contributed by atoms with E-state index in [0.29, 0.717) is 22.0 Å². The molecule has 37 heavy (non-hydrogen) atoms. The van der Waals surface area contributed by atoms with Crippen LogP contribution in [-0.2, 0) is 26.2 Å². The van der Waals surface area contributed by atoms with Gasteiger partial charge in [-0.1, -0.05) is 83.5 Å². The number of aryl methyl sites for hydroxylation is 1. The predicted octanol–water partition coefficient (Wildman–Crippen LogP) is 7.18. The molecule has 0 spiro atoms. The van der Waals surface area contributed by atoms with Crippen LogP contribution >= 0.6 is 11.6 Å². The normalized spacial score (nSPS) is 12.2. The SMILES string of the molecule is Cc1noc(-c2ccc(-c3ccc(C(C)(C)C(=O)O)cc3)cc2)c1CC(=O)OC(C)c1ccccc1Cl. The number of rotatable bonds is 8. The van der Waals surface area contributed by atoms with Gasteiger partial charge in [-0.15, -0.1) is 0 Å². The molecule has 4 rings (SSSR count). The molecule has 0 radical (unpaired) electrons. The number of carboxylic acids is 1. The van der Waals surface area contributed by atoms with Crippen LogP contribution in [0.4, 0.5) is 0 Å². The van der Waals surface area contributed by atoms with E-state index in [2.05, 4.69) is 5.16 Å². The second-order valence-corrected chi connectivity index (χ2v) is 9.90. The molecule has 1 aromatic heterocycles. The number of esters is 1. The van der Waals surface area contributed by atoms with E-state index in [9.17, 15) is 14.7 Å². The van der Waals surface area contributed by atoms with Gasteiger partial charge in [0.15, 0.2) is 5.76 Å². The number of halogens is 1. The monoisotopic (exact) mass is 517 g/mol. The number of carbonyl (C=O) groups is 2. The van der Waals surface area contributed by atoms with E-state index in [0.717, 1.165) is 27.8 Å². The maximum Gasteiger partial charge on any atom is 0.313 e. The number of carbonyl (C=O) groups excluding carboxylic acids is 1. The van der Waals surface area contributed by atoms with Gasteiger partial charge in [-0.3, -0.25) is 9.59 Å². The Balaban J connectivity index is 1.50. The number of carboxylic acid groups (broad SMARTS) is 1. The van der Waals surface area contributed by atoms with E-state index >= 15 is 0 Å². The summed E-state index contributed by atoms with van der Waals surface area (Å²) in [4.78, 5) is 24.3. The number of hydrogen-bond donors (Lipinski definition) is 1. The summed E-state index contributed by atoms with van der Waals surface area (Å²) in [5.74, 6) is -0.754. The average Bonchev–Trinajstić information content (AvgIpc) is 3.24. The van der Waals surface area contributed by atoms with Gasteiger partial charge in [0.2, 0.25) is 0 Å². The zero-order valence-corrected chi connectivity index (χ0v) is 21.9. The van der Waals surface area contributed by atoms with Gasteiger partial charge in [-0.2, -0.15) is 0 Å². The van der Waals surface area contributed by atoms with Crippen LogP contribution in [0.3, 0.4) is 0 Å². The van der Waals surface area contributed by atoms with Gasteiger partial charge in [0, 0.05) is 21.7 Å². The Hall–Kier alpha value is -3.90. The molecule has 0 bridgehead atoms. The fourth-order valence-electron chi connectivity index (χ4n) is 4.09. The maximum atomic E-state index is 12.7. The van der Waals surface area contributed by atoms with Gasteiger partial charge in [-0.25, -0.2) is 0 Å². The third-order valence-corrected chi connectivity index (χ3v) is 6.92. The minimum atomic E-state index is -0.963. The molecule has 0 aliphatic rings. The summed E-state index contributed by atoms with van der Waals surface area (Å²) in [7, 11) is 0. The Morgan fingerprint density at radius 1 is 0.973 bits per heavy atom. The Bertz CT molecular complexity index is 1420. The van der Waals surface area contributed by atoms with Crippen LogP contribution < -0.4 is 0 Å². The Morgan fingerprint density at radius 2 is 1.54 bits per heavy atom. The number of ether oxygens (including phenoxy) is 1. The fourth-order valence-corrected chi connectivity index (χ4v) is 4.38. The van der Waals surface area contributed by atoms with Crippen molar-refractivity contribution < 1.29 is 24.0 Å². The molecule has 1 atom stereocenters. The quantitative estimate of drug-likeness (QED) is 0.249. The van der Waals surface area contributed by atoms with E-state index in [1.54, 1.807) is 33.8 Å². The summed E-state index contributed by atoms with van der Waals surface area (Å²) >= 11 is 6.23. The molecular weight excluding hydrogens is 490 g/mol. The molecule has 190 valence electrons. The third kappa shape index (κ3) is 5.59. The van der Waals surface area contributed by atoms with Crippen LogP contribution in [0.15, 0.2) is 77.3 Å². The topological polar surface area (TPSA) is 89.6 Å². The Kier molecular flexibility index (Phi) is 7.50. The van der Waals surface area contributed by atoms with Crippen molar-refractivity contribution >= 4 is 23.5 Å². The zero-order valence-electron chi connectivity index (χ0n) is 21.1. The van der Waals surface area contributed by atoms with E-state index in [1.807, 2.05) is 66.7 Å². The second kappa shape index (κ2) is 10.6. The van der Waals surface area contributed by atoms with E-state index < -0.39 is 23.5 Å². The molecule has 1 heterocycles. The molecule has 0 aliphatic carbocycles. The van der Waals surface area contributed by atoms with Crippen LogP contribution in [0.1, 0.15) is 49.3 Å². The lowest BCUT2D eigenvalue weighted by Crippen LogP contribution is -2.28. The molecule has 6 nitrogen and oxygen atoms in total. The first kappa shape index (κ1) is 26.2. The van der Waals surface area contributed by atoms with Gasteiger partial charge in [0.05, 0.1) is 17.5 Å². The number of aliphatic carboxylic acids is 1. The molecular formula is C30H28ClNO5. The smallest absolute Gasteiger partial charge is 0.313 e. The molecule has 3 aromatic carbocycles. The summed E-state index contributed by atoms with van der Waals surface area (Å²) in [6.45, 7) is 6.95. The number of hydrogen-bond acceptors (Lipinski definition) is 5. The highest BCUT2D eigenvalue weighted by molar-refractivity contribution is 6.31. The van der Waals surface area contributed by atoms with Crippen molar-refractivity contribution in [2.24, 2.45) is 0 Å². The summed E-state index contributed by atoms with van der Waals surface area (Å²) in [6.07, 6.45) is -0.473. The third-order valence-electron chi connectivity index (χ3n) is 6.58. The van der Waals surface area contributed by atoms with Gasteiger partial charge in [0.1, 0.15) is 6.10 Å². The highest BCUT2D eigenvalue weighted by atomic mass is 35.5. The standard InChI is InChI=1S/C30H28ClNO5/c1-18-25(17-27(33)36-19(2)24-7-5-6-8-26(24)31)28(37-32-18)22-11-9-20(10-12-22)21-13-15-23(16-14-21)30(3,4)29(34)35/h5-16,19H,17H2,1-4H3,(H,34,35). The average molecular weight is 518 g/mol. The lowest BCUT2D eigenvalue weighted by molar-refractivity contribution is -0.147. The Morgan fingerprint density at radius 3 is 2.14 bits per heavy atom. The summed E-state index contributed by atoms with van der Waals surface area (Å²) in [5.41, 5.74) is 4.52. The first-order chi connectivity index (χ1) is 17.6. The molecule has 7 heteroatoms. The van der Waals surface area contributed by atoms with Crippen molar-refractivity contribution in [1.29, 1.82) is 0 Å². The second-order valence-electron chi connectivity index (χ2n) is 9.49. The van der Waals surface area contributed by atoms with Crippen molar-refractivity contribution in [2.45, 2.75) is 45.6 Å². The van der Waals surface area contributed by atoms with Gasteiger partial charge in [-0.05, 0) is 50.5 Å². The molecule has 1 unspecified atom stereocenters. The molecule has 0 fully saturated rings. The molecule has 0 aliphatic heterocycles. The predicted molar refractivity (Wildman–Crippen MR) is 142 cm³/mol. The molecule has 4 aromatic rings. The Labute approximate surface area is 220 Å². The van der Waals surface area contributed by atoms with Crippen molar-refractivity contribution in [3.63, 3.8) is 0 Å². The van der Waals surface area contributed by atoms with Crippen LogP contribution in [-0.4, -0.2) is 22.2 Å². The van der Waals surface area contributed by atoms with Crippen LogP contribution in [0.2, 0.25) is 5.02 Å². The fraction of sp³-hybridized carbons (Fsp3) is 0.233. The van der Waals surface area contributed by atoms with Crippen molar-refractivity contribution in [3.05, 3.63) is 100 Å².